The minimum Gasteiger partial charge on any atom is -0.298 e. The molecule has 0 bridgehead atoms. The van der Waals surface area contributed by atoms with Crippen LogP contribution in [0.4, 0.5) is 8.78 Å². The zero-order valence-corrected chi connectivity index (χ0v) is 9.44. The van der Waals surface area contributed by atoms with Crippen molar-refractivity contribution in [3.05, 3.63) is 41.7 Å². The van der Waals surface area contributed by atoms with Crippen molar-refractivity contribution in [1.82, 2.24) is 9.78 Å². The lowest BCUT2D eigenvalue weighted by atomic mass is 10.1. The fraction of sp³-hybridized carbons (Fsp3) is 0.231. The van der Waals surface area contributed by atoms with E-state index in [9.17, 15) is 13.6 Å². The van der Waals surface area contributed by atoms with Gasteiger partial charge in [-0.05, 0) is 18.9 Å². The minimum atomic E-state index is -1.11. The van der Waals surface area contributed by atoms with Crippen molar-refractivity contribution in [2.45, 2.75) is 18.9 Å². The monoisotopic (exact) mass is 248 g/mol. The fourth-order valence-electron chi connectivity index (χ4n) is 1.89. The first-order valence-corrected chi connectivity index (χ1v) is 5.68. The molecule has 1 aromatic heterocycles. The second-order valence-corrected chi connectivity index (χ2v) is 4.39. The zero-order valence-electron chi connectivity index (χ0n) is 9.44. The van der Waals surface area contributed by atoms with Crippen molar-refractivity contribution in [1.29, 1.82) is 0 Å². The second kappa shape index (κ2) is 4.01. The Morgan fingerprint density at radius 1 is 1.28 bits per heavy atom. The third kappa shape index (κ3) is 1.72. The highest BCUT2D eigenvalue weighted by Crippen LogP contribution is 2.35. The number of hydrogen-bond acceptors (Lipinski definition) is 2. The van der Waals surface area contributed by atoms with Crippen molar-refractivity contribution in [3.8, 4) is 11.1 Å². The summed E-state index contributed by atoms with van der Waals surface area (Å²) in [6.45, 7) is 0. The molecule has 0 radical (unpaired) electrons. The largest absolute Gasteiger partial charge is 0.298 e. The van der Waals surface area contributed by atoms with E-state index in [1.54, 1.807) is 10.9 Å². The standard InChI is InChI=1S/C13H10F2N2O/c14-12-8(7-18)1-4-11(13(12)15)9-5-16-17(6-9)10-2-3-10/h1,4-7,10H,2-3H2. The lowest BCUT2D eigenvalue weighted by molar-refractivity contribution is 0.111. The summed E-state index contributed by atoms with van der Waals surface area (Å²) in [5.41, 5.74) is 0.381. The maximum absolute atomic E-state index is 13.8. The molecule has 0 amide bonds. The van der Waals surface area contributed by atoms with Gasteiger partial charge in [-0.1, -0.05) is 6.07 Å². The van der Waals surface area contributed by atoms with E-state index in [2.05, 4.69) is 5.10 Å². The molecule has 1 aliphatic carbocycles. The summed E-state index contributed by atoms with van der Waals surface area (Å²) in [6.07, 6.45) is 5.66. The molecule has 0 saturated heterocycles. The van der Waals surface area contributed by atoms with Gasteiger partial charge >= 0.3 is 0 Å². The van der Waals surface area contributed by atoms with Crippen molar-refractivity contribution in [3.63, 3.8) is 0 Å². The molecule has 1 fully saturated rings. The second-order valence-electron chi connectivity index (χ2n) is 4.39. The number of carbonyl (C=O) groups excluding carboxylic acids is 1. The van der Waals surface area contributed by atoms with Gasteiger partial charge in [0, 0.05) is 17.3 Å². The van der Waals surface area contributed by atoms with Crippen LogP contribution in [0.2, 0.25) is 0 Å². The molecule has 2 aromatic rings. The first kappa shape index (κ1) is 11.1. The lowest BCUT2D eigenvalue weighted by Crippen LogP contribution is -1.95. The van der Waals surface area contributed by atoms with Gasteiger partial charge in [0.25, 0.3) is 0 Å². The van der Waals surface area contributed by atoms with E-state index in [1.807, 2.05) is 0 Å². The average Bonchev–Trinajstić information content (AvgIpc) is 3.12. The number of hydrogen-bond donors (Lipinski definition) is 0. The summed E-state index contributed by atoms with van der Waals surface area (Å²) in [6, 6.07) is 3.06. The molecule has 92 valence electrons. The number of aldehydes is 1. The van der Waals surface area contributed by atoms with Crippen LogP contribution in [0.25, 0.3) is 11.1 Å². The van der Waals surface area contributed by atoms with Gasteiger partial charge in [-0.25, -0.2) is 8.78 Å². The maximum atomic E-state index is 13.8. The summed E-state index contributed by atoms with van der Waals surface area (Å²) >= 11 is 0. The van der Waals surface area contributed by atoms with Gasteiger partial charge in [0.05, 0.1) is 17.8 Å². The van der Waals surface area contributed by atoms with Gasteiger partial charge in [-0.3, -0.25) is 9.48 Å². The number of halogens is 2. The molecule has 3 nitrogen and oxygen atoms in total. The van der Waals surface area contributed by atoms with E-state index in [4.69, 9.17) is 0 Å². The molecular formula is C13H10F2N2O. The highest BCUT2D eigenvalue weighted by molar-refractivity contribution is 5.77. The van der Waals surface area contributed by atoms with Crippen LogP contribution in [0.15, 0.2) is 24.5 Å². The molecule has 1 saturated carbocycles. The first-order chi connectivity index (χ1) is 8.70. The smallest absolute Gasteiger partial charge is 0.169 e. The Hall–Kier alpha value is -2.04. The summed E-state index contributed by atoms with van der Waals surface area (Å²) in [4.78, 5) is 10.5. The topological polar surface area (TPSA) is 34.9 Å². The molecule has 0 atom stereocenters. The van der Waals surface area contributed by atoms with Crippen LogP contribution in [-0.2, 0) is 0 Å². The van der Waals surface area contributed by atoms with Gasteiger partial charge in [0.15, 0.2) is 17.9 Å². The van der Waals surface area contributed by atoms with Crippen LogP contribution in [0, 0.1) is 11.6 Å². The van der Waals surface area contributed by atoms with Crippen molar-refractivity contribution >= 4 is 6.29 Å². The molecule has 0 N–H and O–H groups in total. The van der Waals surface area contributed by atoms with Crippen molar-refractivity contribution in [2.24, 2.45) is 0 Å². The van der Waals surface area contributed by atoms with E-state index in [0.717, 1.165) is 12.8 Å². The van der Waals surface area contributed by atoms with Crippen LogP contribution >= 0.6 is 0 Å². The molecule has 0 unspecified atom stereocenters. The van der Waals surface area contributed by atoms with Crippen LogP contribution in [0.5, 0.6) is 0 Å². The Balaban J connectivity index is 2.04. The van der Waals surface area contributed by atoms with E-state index in [0.29, 0.717) is 17.9 Å². The normalized spacial score (nSPS) is 14.8. The van der Waals surface area contributed by atoms with Gasteiger partial charge in [-0.2, -0.15) is 5.10 Å². The molecule has 5 heteroatoms. The summed E-state index contributed by atoms with van der Waals surface area (Å²) < 4.78 is 29.0. The van der Waals surface area contributed by atoms with Crippen LogP contribution in [-0.4, -0.2) is 16.1 Å². The molecule has 1 aromatic carbocycles. The Labute approximate surface area is 102 Å². The highest BCUT2D eigenvalue weighted by Gasteiger charge is 2.25. The number of rotatable bonds is 3. The predicted octanol–water partition coefficient (Wildman–Crippen LogP) is 2.98. The molecule has 1 aliphatic rings. The number of aromatic nitrogens is 2. The Bertz CT molecular complexity index is 617. The molecular weight excluding hydrogens is 238 g/mol. The number of benzene rings is 1. The molecule has 1 heterocycles. The Kier molecular flexibility index (Phi) is 2.47. The molecule has 0 spiro atoms. The van der Waals surface area contributed by atoms with E-state index in [1.165, 1.54) is 18.3 Å². The van der Waals surface area contributed by atoms with Crippen molar-refractivity contribution < 1.29 is 13.6 Å². The molecule has 18 heavy (non-hydrogen) atoms. The molecule has 3 rings (SSSR count). The minimum absolute atomic E-state index is 0.130. The third-order valence-electron chi connectivity index (χ3n) is 3.07. The highest BCUT2D eigenvalue weighted by atomic mass is 19.2. The predicted molar refractivity (Wildman–Crippen MR) is 61.2 cm³/mol. The first-order valence-electron chi connectivity index (χ1n) is 5.68. The van der Waals surface area contributed by atoms with E-state index in [-0.39, 0.29) is 11.1 Å². The van der Waals surface area contributed by atoms with Gasteiger partial charge in [0.2, 0.25) is 0 Å². The van der Waals surface area contributed by atoms with E-state index >= 15 is 0 Å². The number of carbonyl (C=O) groups is 1. The Morgan fingerprint density at radius 2 is 2.06 bits per heavy atom. The lowest BCUT2D eigenvalue weighted by Gasteiger charge is -2.02. The zero-order chi connectivity index (χ0) is 12.7. The maximum Gasteiger partial charge on any atom is 0.169 e. The summed E-state index contributed by atoms with van der Waals surface area (Å²) in [5.74, 6) is -2.11. The SMILES string of the molecule is O=Cc1ccc(-c2cnn(C3CC3)c2)c(F)c1F. The third-order valence-corrected chi connectivity index (χ3v) is 3.07. The average molecular weight is 248 g/mol. The van der Waals surface area contributed by atoms with Gasteiger partial charge in [0.1, 0.15) is 0 Å². The summed E-state index contributed by atoms with van der Waals surface area (Å²) in [5, 5.41) is 4.13. The van der Waals surface area contributed by atoms with Crippen LogP contribution in [0.3, 0.4) is 0 Å². The summed E-state index contributed by atoms with van der Waals surface area (Å²) in [7, 11) is 0. The number of nitrogens with zero attached hydrogens (tertiary/aromatic N) is 2. The Morgan fingerprint density at radius 3 is 2.72 bits per heavy atom. The fourth-order valence-corrected chi connectivity index (χ4v) is 1.89. The van der Waals surface area contributed by atoms with Gasteiger partial charge in [-0.15, -0.1) is 0 Å². The van der Waals surface area contributed by atoms with Crippen LogP contribution < -0.4 is 0 Å². The van der Waals surface area contributed by atoms with Crippen molar-refractivity contribution in [2.75, 3.05) is 0 Å². The van der Waals surface area contributed by atoms with Gasteiger partial charge < -0.3 is 0 Å². The quantitative estimate of drug-likeness (QED) is 0.783. The van der Waals surface area contributed by atoms with E-state index < -0.39 is 11.6 Å². The van der Waals surface area contributed by atoms with Crippen LogP contribution in [0.1, 0.15) is 29.2 Å². The molecule has 0 aliphatic heterocycles.